The van der Waals surface area contributed by atoms with Crippen LogP contribution in [0.3, 0.4) is 0 Å². The molecule has 1 aromatic rings. The summed E-state index contributed by atoms with van der Waals surface area (Å²) >= 11 is 10.7. The fraction of sp³-hybridized carbons (Fsp3) is 0.500. The van der Waals surface area contributed by atoms with E-state index in [0.717, 1.165) is 40.2 Å². The molecule has 2 unspecified atom stereocenters. The van der Waals surface area contributed by atoms with Gasteiger partial charge in [0.25, 0.3) is 5.91 Å². The van der Waals surface area contributed by atoms with E-state index in [1.807, 2.05) is 18.2 Å². The Hall–Kier alpha value is 0.130. The highest BCUT2D eigenvalue weighted by Gasteiger charge is 2.43. The minimum absolute atomic E-state index is 0.167. The van der Waals surface area contributed by atoms with E-state index < -0.39 is 0 Å². The normalized spacial score (nSPS) is 29.6. The van der Waals surface area contributed by atoms with Gasteiger partial charge >= 0.3 is 0 Å². The molecule has 2 aliphatic rings. The lowest BCUT2D eigenvalue weighted by molar-refractivity contribution is 0.0602. The van der Waals surface area contributed by atoms with Gasteiger partial charge in [0.2, 0.25) is 0 Å². The second-order valence-corrected chi connectivity index (χ2v) is 8.36. The molecular weight excluding hydrogens is 438 g/mol. The van der Waals surface area contributed by atoms with Gasteiger partial charge in [0.1, 0.15) is 0 Å². The summed E-state index contributed by atoms with van der Waals surface area (Å²) in [5.74, 6) is 0.167. The number of fused-ring (bicyclic) bond motifs is 2. The number of carbonyl (C=O) groups is 1. The number of benzene rings is 1. The molecule has 5 heteroatoms. The molecule has 2 nitrogen and oxygen atoms in total. The van der Waals surface area contributed by atoms with Crippen LogP contribution in [0.2, 0.25) is 0 Å². The summed E-state index contributed by atoms with van der Waals surface area (Å²) in [5, 5.41) is 0. The Bertz CT molecular complexity index is 505. The van der Waals surface area contributed by atoms with Crippen LogP contribution in [-0.2, 0) is 0 Å². The van der Waals surface area contributed by atoms with Crippen molar-refractivity contribution < 1.29 is 4.79 Å². The van der Waals surface area contributed by atoms with Crippen molar-refractivity contribution in [1.29, 1.82) is 0 Å². The van der Waals surface area contributed by atoms with Crippen LogP contribution < -0.4 is 0 Å². The van der Waals surface area contributed by atoms with E-state index in [1.54, 1.807) is 0 Å². The SMILES string of the molecule is O=C(c1cc(Br)ccc1Br)N1C2CCC1CC(Br)C2. The third-order valence-electron chi connectivity index (χ3n) is 4.07. The monoisotopic (exact) mass is 449 g/mol. The standard InChI is InChI=1S/C14H14Br3NO/c15-8-1-4-13(17)12(7-8)14(19)18-10-2-3-11(18)6-9(16)5-10/h1,4,7,9-11H,2-3,5-6H2. The van der Waals surface area contributed by atoms with Gasteiger partial charge in [0.05, 0.1) is 5.56 Å². The van der Waals surface area contributed by atoms with Crippen molar-refractivity contribution in [2.75, 3.05) is 0 Å². The van der Waals surface area contributed by atoms with Crippen LogP contribution in [0.1, 0.15) is 36.0 Å². The summed E-state index contributed by atoms with van der Waals surface area (Å²) in [6.45, 7) is 0. The van der Waals surface area contributed by atoms with Gasteiger partial charge in [-0.05, 0) is 59.8 Å². The number of hydrogen-bond donors (Lipinski definition) is 0. The van der Waals surface area contributed by atoms with Crippen molar-refractivity contribution in [3.8, 4) is 0 Å². The van der Waals surface area contributed by atoms with Crippen molar-refractivity contribution in [3.05, 3.63) is 32.7 Å². The Balaban J connectivity index is 1.90. The first-order valence-electron chi connectivity index (χ1n) is 6.48. The first-order valence-corrected chi connectivity index (χ1v) is 8.98. The summed E-state index contributed by atoms with van der Waals surface area (Å²) < 4.78 is 1.82. The number of rotatable bonds is 1. The van der Waals surface area contributed by atoms with Gasteiger partial charge in [-0.15, -0.1) is 0 Å². The highest BCUT2D eigenvalue weighted by atomic mass is 79.9. The van der Waals surface area contributed by atoms with Crippen molar-refractivity contribution in [1.82, 2.24) is 4.90 Å². The summed E-state index contributed by atoms with van der Waals surface area (Å²) in [5.41, 5.74) is 0.763. The van der Waals surface area contributed by atoms with Crippen LogP contribution in [0.15, 0.2) is 27.1 Å². The smallest absolute Gasteiger partial charge is 0.255 e. The maximum Gasteiger partial charge on any atom is 0.255 e. The zero-order valence-corrected chi connectivity index (χ0v) is 15.0. The van der Waals surface area contributed by atoms with Gasteiger partial charge in [-0.2, -0.15) is 0 Å². The Morgan fingerprint density at radius 1 is 1.16 bits per heavy atom. The van der Waals surface area contributed by atoms with Crippen molar-refractivity contribution in [2.45, 2.75) is 42.6 Å². The molecule has 0 N–H and O–H groups in total. The van der Waals surface area contributed by atoms with E-state index in [2.05, 4.69) is 52.7 Å². The second kappa shape index (κ2) is 5.49. The van der Waals surface area contributed by atoms with Crippen LogP contribution in [0.4, 0.5) is 0 Å². The fourth-order valence-corrected chi connectivity index (χ4v) is 4.88. The quantitative estimate of drug-likeness (QED) is 0.565. The lowest BCUT2D eigenvalue weighted by atomic mass is 10.0. The number of carbonyl (C=O) groups excluding carboxylic acids is 1. The average molecular weight is 452 g/mol. The van der Waals surface area contributed by atoms with Gasteiger partial charge in [0, 0.05) is 25.9 Å². The average Bonchev–Trinajstić information content (AvgIpc) is 2.64. The second-order valence-electron chi connectivity index (χ2n) is 5.29. The molecule has 19 heavy (non-hydrogen) atoms. The molecule has 1 amide bonds. The lowest BCUT2D eigenvalue weighted by Gasteiger charge is -2.37. The number of halogens is 3. The minimum atomic E-state index is 0.167. The minimum Gasteiger partial charge on any atom is -0.333 e. The predicted octanol–water partition coefficient (Wildman–Crippen LogP) is 4.74. The van der Waals surface area contributed by atoms with Crippen LogP contribution in [0, 0.1) is 0 Å². The summed E-state index contributed by atoms with van der Waals surface area (Å²) in [6, 6.07) is 6.59. The van der Waals surface area contributed by atoms with Crippen LogP contribution in [-0.4, -0.2) is 27.7 Å². The van der Waals surface area contributed by atoms with Gasteiger partial charge < -0.3 is 4.90 Å². The molecule has 2 aliphatic heterocycles. The molecule has 2 bridgehead atoms. The van der Waals surface area contributed by atoms with E-state index in [1.165, 1.54) is 0 Å². The number of alkyl halides is 1. The molecule has 3 rings (SSSR count). The maximum atomic E-state index is 12.8. The van der Waals surface area contributed by atoms with E-state index in [-0.39, 0.29) is 5.91 Å². The van der Waals surface area contributed by atoms with Crippen molar-refractivity contribution in [3.63, 3.8) is 0 Å². The molecule has 2 fully saturated rings. The van der Waals surface area contributed by atoms with E-state index >= 15 is 0 Å². The van der Waals surface area contributed by atoms with E-state index in [0.29, 0.717) is 16.9 Å². The van der Waals surface area contributed by atoms with Gasteiger partial charge in [-0.25, -0.2) is 0 Å². The Morgan fingerprint density at radius 3 is 2.42 bits per heavy atom. The lowest BCUT2D eigenvalue weighted by Crippen LogP contribution is -2.46. The topological polar surface area (TPSA) is 20.3 Å². The first-order chi connectivity index (χ1) is 9.06. The molecule has 2 atom stereocenters. The van der Waals surface area contributed by atoms with Crippen LogP contribution in [0.25, 0.3) is 0 Å². The van der Waals surface area contributed by atoms with E-state index in [4.69, 9.17) is 0 Å². The highest BCUT2D eigenvalue weighted by molar-refractivity contribution is 9.11. The summed E-state index contributed by atoms with van der Waals surface area (Å²) in [7, 11) is 0. The van der Waals surface area contributed by atoms with Gasteiger partial charge in [0.15, 0.2) is 0 Å². The molecule has 2 saturated heterocycles. The molecule has 2 heterocycles. The predicted molar refractivity (Wildman–Crippen MR) is 86.8 cm³/mol. The molecular formula is C14H14Br3NO. The molecule has 0 radical (unpaired) electrons. The molecule has 0 saturated carbocycles. The van der Waals surface area contributed by atoms with Gasteiger partial charge in [-0.1, -0.05) is 31.9 Å². The van der Waals surface area contributed by atoms with E-state index in [9.17, 15) is 4.79 Å². The van der Waals surface area contributed by atoms with Crippen LogP contribution in [0.5, 0.6) is 0 Å². The van der Waals surface area contributed by atoms with Crippen molar-refractivity contribution >= 4 is 53.7 Å². The maximum absolute atomic E-state index is 12.8. The van der Waals surface area contributed by atoms with Crippen LogP contribution >= 0.6 is 47.8 Å². The molecule has 0 spiro atoms. The Morgan fingerprint density at radius 2 is 1.79 bits per heavy atom. The first kappa shape index (κ1) is 14.1. The Labute approximate surface area is 138 Å². The zero-order chi connectivity index (χ0) is 13.6. The molecule has 1 aromatic carbocycles. The zero-order valence-electron chi connectivity index (χ0n) is 10.3. The van der Waals surface area contributed by atoms with Crippen molar-refractivity contribution in [2.24, 2.45) is 0 Å². The van der Waals surface area contributed by atoms with Gasteiger partial charge in [-0.3, -0.25) is 4.79 Å². The molecule has 0 aromatic heterocycles. The highest BCUT2D eigenvalue weighted by Crippen LogP contribution is 2.40. The number of piperidine rings is 1. The third-order valence-corrected chi connectivity index (χ3v) is 6.00. The summed E-state index contributed by atoms with van der Waals surface area (Å²) in [6.07, 6.45) is 4.44. The molecule has 102 valence electrons. The summed E-state index contributed by atoms with van der Waals surface area (Å²) in [4.78, 5) is 15.5. The number of hydrogen-bond acceptors (Lipinski definition) is 1. The number of nitrogens with zero attached hydrogens (tertiary/aromatic N) is 1. The fourth-order valence-electron chi connectivity index (χ4n) is 3.24. The Kier molecular flexibility index (Phi) is 4.07. The molecule has 0 aliphatic carbocycles. The number of amides is 1. The third kappa shape index (κ3) is 2.66. The largest absolute Gasteiger partial charge is 0.333 e.